The van der Waals surface area contributed by atoms with E-state index in [-0.39, 0.29) is 25.3 Å². The molecule has 0 radical (unpaired) electrons. The highest BCUT2D eigenvalue weighted by Gasteiger charge is 2.40. The smallest absolute Gasteiger partial charge is 0.331 e. The van der Waals surface area contributed by atoms with Crippen LogP contribution >= 0.6 is 0 Å². The zero-order valence-corrected chi connectivity index (χ0v) is 39.4. The highest BCUT2D eigenvalue weighted by Crippen LogP contribution is 2.44. The molecule has 2 aliphatic heterocycles. The third kappa shape index (κ3) is 11.6. The van der Waals surface area contributed by atoms with E-state index < -0.39 is 11.9 Å². The van der Waals surface area contributed by atoms with Gasteiger partial charge in [-0.15, -0.1) is 0 Å². The molecule has 0 unspecified atom stereocenters. The molecule has 0 spiro atoms. The summed E-state index contributed by atoms with van der Waals surface area (Å²) in [7, 11) is 15.4. The molecular formula is C51H65N2O12+. The van der Waals surface area contributed by atoms with E-state index in [1.54, 1.807) is 56.9 Å². The van der Waals surface area contributed by atoms with Crippen molar-refractivity contribution < 1.29 is 61.4 Å². The van der Waals surface area contributed by atoms with Gasteiger partial charge in [0, 0.05) is 56.1 Å². The van der Waals surface area contributed by atoms with Crippen molar-refractivity contribution in [2.75, 3.05) is 103 Å². The lowest BCUT2D eigenvalue weighted by Gasteiger charge is -2.46. The van der Waals surface area contributed by atoms with Crippen LogP contribution in [0.5, 0.6) is 46.0 Å². The SMILES string of the molecule is COc1ccc(C[C@@H]2c3cc(OC)c(OC)cc3CCN2CCCOC(=O)/C=C/C(=O)OCCC[N@+]2(C)CCc3cc(OC)c(OC)cc3[C@H]2Cc2ccc(OC)c(OC)c2)cc1OC. The van der Waals surface area contributed by atoms with Gasteiger partial charge >= 0.3 is 11.9 Å². The van der Waals surface area contributed by atoms with Gasteiger partial charge in [0.1, 0.15) is 6.04 Å². The lowest BCUT2D eigenvalue weighted by atomic mass is 9.86. The molecule has 14 nitrogen and oxygen atoms in total. The van der Waals surface area contributed by atoms with Crippen molar-refractivity contribution in [1.29, 1.82) is 0 Å². The van der Waals surface area contributed by atoms with Crippen LogP contribution in [0, 0.1) is 0 Å². The summed E-state index contributed by atoms with van der Waals surface area (Å²) < 4.78 is 56.7. The fourth-order valence-corrected chi connectivity index (χ4v) is 9.25. The largest absolute Gasteiger partial charge is 0.493 e. The Labute approximate surface area is 383 Å². The average Bonchev–Trinajstić information content (AvgIpc) is 3.33. The second-order valence-electron chi connectivity index (χ2n) is 16.5. The molecule has 65 heavy (non-hydrogen) atoms. The molecule has 0 aliphatic carbocycles. The van der Waals surface area contributed by atoms with Gasteiger partial charge in [0.2, 0.25) is 0 Å². The number of fused-ring (bicyclic) bond motifs is 2. The highest BCUT2D eigenvalue weighted by atomic mass is 16.5. The van der Waals surface area contributed by atoms with E-state index >= 15 is 0 Å². The minimum atomic E-state index is -0.597. The van der Waals surface area contributed by atoms with E-state index in [0.29, 0.717) is 71.8 Å². The van der Waals surface area contributed by atoms with Crippen molar-refractivity contribution in [2.24, 2.45) is 0 Å². The summed E-state index contributed by atoms with van der Waals surface area (Å²) in [5.41, 5.74) is 6.99. The lowest BCUT2D eigenvalue weighted by molar-refractivity contribution is -0.941. The number of ether oxygens (including phenoxy) is 10. The number of hydrogen-bond donors (Lipinski definition) is 0. The number of likely N-dealkylation sites (N-methyl/N-ethyl adjacent to an activating group) is 1. The quantitative estimate of drug-likeness (QED) is 0.0339. The molecular weight excluding hydrogens is 833 g/mol. The zero-order valence-electron chi connectivity index (χ0n) is 39.4. The average molecular weight is 898 g/mol. The van der Waals surface area contributed by atoms with E-state index in [1.807, 2.05) is 24.3 Å². The Morgan fingerprint density at radius 1 is 0.569 bits per heavy atom. The summed E-state index contributed by atoms with van der Waals surface area (Å²) in [6.07, 6.45) is 6.64. The third-order valence-corrected chi connectivity index (χ3v) is 12.8. The van der Waals surface area contributed by atoms with E-state index in [4.69, 9.17) is 47.4 Å². The van der Waals surface area contributed by atoms with Crippen molar-refractivity contribution in [3.05, 3.63) is 106 Å². The van der Waals surface area contributed by atoms with E-state index in [9.17, 15) is 9.59 Å². The van der Waals surface area contributed by atoms with Gasteiger partial charge in [-0.2, -0.15) is 0 Å². The molecule has 0 fully saturated rings. The first-order valence-corrected chi connectivity index (χ1v) is 22.0. The molecule has 6 rings (SSSR count). The zero-order chi connectivity index (χ0) is 46.5. The topological polar surface area (TPSA) is 130 Å². The standard InChI is InChI=1S/C51H65N2O12/c1-53(23-19-37-31-47(61-7)49(63-9)33-39(37)41(53)27-35-13-15-43(57-3)45(29-35)59-5)22-11-25-65-51(55)17-16-50(54)64-24-10-20-52-21-18-36-30-46(60-6)48(62-8)32-38(36)40(52)26-34-12-14-42(56-2)44(28-34)58-4/h12-17,28-33,40-41H,10-11,18-27H2,1-9H3/q+1/b17-16+/t40-,41-,53-/m1/s1. The Bertz CT molecular complexity index is 2300. The number of carbonyl (C=O) groups is 2. The first-order chi connectivity index (χ1) is 31.5. The lowest BCUT2D eigenvalue weighted by Crippen LogP contribution is -2.52. The summed E-state index contributed by atoms with van der Waals surface area (Å²) in [4.78, 5) is 27.9. The maximum absolute atomic E-state index is 12.8. The molecule has 350 valence electrons. The van der Waals surface area contributed by atoms with Crippen LogP contribution in [0.3, 0.4) is 0 Å². The molecule has 2 aliphatic rings. The molecule has 0 bridgehead atoms. The van der Waals surface area contributed by atoms with Crippen molar-refractivity contribution in [1.82, 2.24) is 4.90 Å². The van der Waals surface area contributed by atoms with Crippen LogP contribution in [-0.2, 0) is 44.7 Å². The maximum atomic E-state index is 12.8. The molecule has 3 atom stereocenters. The Morgan fingerprint density at radius 3 is 1.57 bits per heavy atom. The Morgan fingerprint density at radius 2 is 1.03 bits per heavy atom. The van der Waals surface area contributed by atoms with Crippen LogP contribution < -0.4 is 37.9 Å². The van der Waals surface area contributed by atoms with Crippen molar-refractivity contribution in [3.63, 3.8) is 0 Å². The first-order valence-electron chi connectivity index (χ1n) is 22.0. The number of methoxy groups -OCH3 is 8. The van der Waals surface area contributed by atoms with Gasteiger partial charge in [0.05, 0.1) is 90.2 Å². The Hall–Kier alpha value is -6.12. The predicted octanol–water partition coefficient (Wildman–Crippen LogP) is 7.31. The van der Waals surface area contributed by atoms with Crippen LogP contribution in [0.15, 0.2) is 72.8 Å². The summed E-state index contributed by atoms with van der Waals surface area (Å²) >= 11 is 0. The van der Waals surface area contributed by atoms with Gasteiger partial charge in [-0.05, 0) is 95.6 Å². The highest BCUT2D eigenvalue weighted by molar-refractivity contribution is 5.91. The van der Waals surface area contributed by atoms with Crippen molar-refractivity contribution >= 4 is 11.9 Å². The van der Waals surface area contributed by atoms with Gasteiger partial charge in [0.15, 0.2) is 46.0 Å². The van der Waals surface area contributed by atoms with E-state index in [0.717, 1.165) is 72.2 Å². The summed E-state index contributed by atoms with van der Waals surface area (Å²) in [5.74, 6) is 4.27. The molecule has 0 aromatic heterocycles. The van der Waals surface area contributed by atoms with Gasteiger partial charge in [-0.3, -0.25) is 4.90 Å². The van der Waals surface area contributed by atoms with Crippen molar-refractivity contribution in [3.8, 4) is 46.0 Å². The molecule has 4 aromatic rings. The number of rotatable bonds is 22. The van der Waals surface area contributed by atoms with Gasteiger partial charge < -0.3 is 51.9 Å². The predicted molar refractivity (Wildman–Crippen MR) is 246 cm³/mol. The molecule has 0 amide bonds. The summed E-state index contributed by atoms with van der Waals surface area (Å²) in [6, 6.07) is 20.4. The molecule has 0 saturated carbocycles. The van der Waals surface area contributed by atoms with Crippen molar-refractivity contribution in [2.45, 2.75) is 50.6 Å². The fraction of sp³-hybridized carbons (Fsp3) is 0.451. The van der Waals surface area contributed by atoms with Crippen LogP contribution in [0.4, 0.5) is 0 Å². The number of benzene rings is 4. The van der Waals surface area contributed by atoms with E-state index in [2.05, 4.69) is 48.3 Å². The normalized spacial score (nSPS) is 17.9. The van der Waals surface area contributed by atoms with Crippen LogP contribution in [-0.4, -0.2) is 125 Å². The van der Waals surface area contributed by atoms with Gasteiger partial charge in [0.25, 0.3) is 0 Å². The fourth-order valence-electron chi connectivity index (χ4n) is 9.25. The maximum Gasteiger partial charge on any atom is 0.331 e. The number of esters is 2. The van der Waals surface area contributed by atoms with Crippen LogP contribution in [0.1, 0.15) is 58.3 Å². The molecule has 2 heterocycles. The minimum absolute atomic E-state index is 0.0217. The minimum Gasteiger partial charge on any atom is -0.493 e. The molecule has 0 saturated heterocycles. The number of hydrogen-bond acceptors (Lipinski definition) is 13. The molecule has 4 aromatic carbocycles. The number of nitrogens with zero attached hydrogens (tertiary/aromatic N) is 2. The molecule has 0 N–H and O–H groups in total. The number of carbonyl (C=O) groups excluding carboxylic acids is 2. The van der Waals surface area contributed by atoms with Gasteiger partial charge in [-0.1, -0.05) is 12.1 Å². The van der Waals surface area contributed by atoms with E-state index in [1.165, 1.54) is 16.7 Å². The van der Waals surface area contributed by atoms with Gasteiger partial charge in [-0.25, -0.2) is 9.59 Å². The second kappa shape index (κ2) is 22.7. The van der Waals surface area contributed by atoms with Crippen LogP contribution in [0.2, 0.25) is 0 Å². The first kappa shape index (κ1) is 48.3. The van der Waals surface area contributed by atoms with Crippen LogP contribution in [0.25, 0.3) is 0 Å². The summed E-state index contributed by atoms with van der Waals surface area (Å²) in [6.45, 7) is 3.53. The number of quaternary nitrogens is 1. The Balaban J connectivity index is 1.02. The monoisotopic (exact) mass is 897 g/mol. The summed E-state index contributed by atoms with van der Waals surface area (Å²) in [5, 5.41) is 0. The molecule has 14 heteroatoms. The Kier molecular flexibility index (Phi) is 16.9. The second-order valence-corrected chi connectivity index (χ2v) is 16.5. The third-order valence-electron chi connectivity index (χ3n) is 12.8.